The van der Waals surface area contributed by atoms with Crippen molar-refractivity contribution in [3.63, 3.8) is 0 Å². The van der Waals surface area contributed by atoms with Crippen molar-refractivity contribution in [2.24, 2.45) is 4.99 Å². The van der Waals surface area contributed by atoms with Gasteiger partial charge in [0.1, 0.15) is 5.02 Å². The van der Waals surface area contributed by atoms with Crippen LogP contribution in [0.4, 0.5) is 5.69 Å². The maximum Gasteiger partial charge on any atom is 0.288 e. The number of thioether (sulfide) groups is 1. The summed E-state index contributed by atoms with van der Waals surface area (Å²) in [6.07, 6.45) is 5.04. The molecular formula is C15H14ClN3O3S. The standard InChI is InChI=1S/C15H14ClN3O3S/c16-11-5-4-10(8-12(11)19(21)22)9-13-14(20)17-15(23-13)18-6-2-1-3-7-18/h4-5,8-9H,1-3,6-7H2. The van der Waals surface area contributed by atoms with Gasteiger partial charge in [0.15, 0.2) is 5.17 Å². The fourth-order valence-corrected chi connectivity index (χ4v) is 3.68. The second-order valence-corrected chi connectivity index (χ2v) is 6.74. The number of benzene rings is 1. The molecule has 0 N–H and O–H groups in total. The SMILES string of the molecule is O=C1N=C(N2CCCCC2)SC1=Cc1ccc(Cl)c([N+](=O)[O-])c1. The number of aliphatic imine (C=N–C) groups is 1. The molecule has 0 bridgehead atoms. The van der Waals surface area contributed by atoms with E-state index in [0.29, 0.717) is 10.5 Å². The molecule has 2 heterocycles. The van der Waals surface area contributed by atoms with Gasteiger partial charge in [-0.3, -0.25) is 14.9 Å². The quantitative estimate of drug-likeness (QED) is 0.461. The van der Waals surface area contributed by atoms with Crippen LogP contribution in [0.3, 0.4) is 0 Å². The van der Waals surface area contributed by atoms with Crippen LogP contribution in [-0.4, -0.2) is 34.0 Å². The lowest BCUT2D eigenvalue weighted by Gasteiger charge is -2.27. The Morgan fingerprint density at radius 1 is 1.30 bits per heavy atom. The van der Waals surface area contributed by atoms with Gasteiger partial charge in [-0.05, 0) is 48.7 Å². The highest BCUT2D eigenvalue weighted by Crippen LogP contribution is 2.33. The topological polar surface area (TPSA) is 75.8 Å². The molecule has 0 unspecified atom stereocenters. The van der Waals surface area contributed by atoms with Crippen LogP contribution in [0.1, 0.15) is 24.8 Å². The van der Waals surface area contributed by atoms with Crippen LogP contribution in [0, 0.1) is 10.1 Å². The van der Waals surface area contributed by atoms with Gasteiger partial charge < -0.3 is 4.90 Å². The molecule has 120 valence electrons. The average Bonchev–Trinajstić information content (AvgIpc) is 2.91. The van der Waals surface area contributed by atoms with Crippen molar-refractivity contribution in [1.29, 1.82) is 0 Å². The van der Waals surface area contributed by atoms with E-state index < -0.39 is 4.92 Å². The highest BCUT2D eigenvalue weighted by Gasteiger charge is 2.27. The summed E-state index contributed by atoms with van der Waals surface area (Å²) >= 11 is 7.12. The van der Waals surface area contributed by atoms with E-state index in [-0.39, 0.29) is 16.6 Å². The Hall–Kier alpha value is -1.86. The zero-order chi connectivity index (χ0) is 16.4. The Balaban J connectivity index is 1.80. The molecule has 2 aliphatic heterocycles. The summed E-state index contributed by atoms with van der Waals surface area (Å²) < 4.78 is 0. The predicted molar refractivity (Wildman–Crippen MR) is 91.5 cm³/mol. The van der Waals surface area contributed by atoms with Gasteiger partial charge in [0, 0.05) is 19.2 Å². The first-order valence-corrected chi connectivity index (χ1v) is 8.45. The van der Waals surface area contributed by atoms with Crippen molar-refractivity contribution < 1.29 is 9.72 Å². The number of hydrogen-bond acceptors (Lipinski definition) is 5. The molecule has 2 aliphatic rings. The van der Waals surface area contributed by atoms with Gasteiger partial charge >= 0.3 is 0 Å². The van der Waals surface area contributed by atoms with E-state index in [1.54, 1.807) is 12.1 Å². The number of nitro groups is 1. The van der Waals surface area contributed by atoms with Crippen LogP contribution in [0.2, 0.25) is 5.02 Å². The van der Waals surface area contributed by atoms with Crippen molar-refractivity contribution in [1.82, 2.24) is 4.90 Å². The van der Waals surface area contributed by atoms with Gasteiger partial charge in [0.05, 0.1) is 9.83 Å². The number of likely N-dealkylation sites (tertiary alicyclic amines) is 1. The van der Waals surface area contributed by atoms with Gasteiger partial charge in [-0.25, -0.2) is 0 Å². The van der Waals surface area contributed by atoms with E-state index in [1.165, 1.54) is 30.3 Å². The van der Waals surface area contributed by atoms with E-state index >= 15 is 0 Å². The Morgan fingerprint density at radius 2 is 2.04 bits per heavy atom. The van der Waals surface area contributed by atoms with Gasteiger partial charge in [-0.2, -0.15) is 4.99 Å². The third-order valence-corrected chi connectivity index (χ3v) is 5.06. The fourth-order valence-electron chi connectivity index (χ4n) is 2.53. The Kier molecular flexibility index (Phi) is 4.68. The summed E-state index contributed by atoms with van der Waals surface area (Å²) in [7, 11) is 0. The molecule has 1 aromatic rings. The minimum absolute atomic E-state index is 0.0767. The molecule has 0 aromatic heterocycles. The van der Waals surface area contributed by atoms with Crippen LogP contribution in [0.25, 0.3) is 6.08 Å². The molecule has 1 fully saturated rings. The van der Waals surface area contributed by atoms with E-state index in [0.717, 1.165) is 31.1 Å². The van der Waals surface area contributed by atoms with E-state index in [4.69, 9.17) is 11.6 Å². The van der Waals surface area contributed by atoms with Crippen LogP contribution >= 0.6 is 23.4 Å². The summed E-state index contributed by atoms with van der Waals surface area (Å²) in [4.78, 5) is 29.1. The van der Waals surface area contributed by atoms with Crippen LogP contribution in [-0.2, 0) is 4.79 Å². The van der Waals surface area contributed by atoms with Crippen molar-refractivity contribution in [3.8, 4) is 0 Å². The average molecular weight is 352 g/mol. The maximum atomic E-state index is 12.1. The van der Waals surface area contributed by atoms with Crippen LogP contribution in [0.5, 0.6) is 0 Å². The molecule has 0 aliphatic carbocycles. The number of amidine groups is 1. The van der Waals surface area contributed by atoms with Crippen molar-refractivity contribution in [3.05, 3.63) is 43.8 Å². The lowest BCUT2D eigenvalue weighted by Crippen LogP contribution is -2.33. The van der Waals surface area contributed by atoms with Crippen molar-refractivity contribution >= 4 is 46.2 Å². The lowest BCUT2D eigenvalue weighted by atomic mass is 10.1. The number of amides is 1. The molecule has 0 spiro atoms. The molecule has 6 nitrogen and oxygen atoms in total. The predicted octanol–water partition coefficient (Wildman–Crippen LogP) is 3.70. The molecule has 0 radical (unpaired) electrons. The van der Waals surface area contributed by atoms with E-state index in [1.807, 2.05) is 0 Å². The number of carbonyl (C=O) groups excluding carboxylic acids is 1. The molecule has 0 saturated carbocycles. The smallest absolute Gasteiger partial charge is 0.288 e. The van der Waals surface area contributed by atoms with Gasteiger partial charge in [-0.15, -0.1) is 0 Å². The normalized spacial score (nSPS) is 20.0. The molecular weight excluding hydrogens is 338 g/mol. The fraction of sp³-hybridized carbons (Fsp3) is 0.333. The van der Waals surface area contributed by atoms with Crippen molar-refractivity contribution in [2.75, 3.05) is 13.1 Å². The lowest BCUT2D eigenvalue weighted by molar-refractivity contribution is -0.384. The first-order chi connectivity index (χ1) is 11.0. The summed E-state index contributed by atoms with van der Waals surface area (Å²) in [5.41, 5.74) is 0.390. The van der Waals surface area contributed by atoms with Crippen LogP contribution in [0.15, 0.2) is 28.1 Å². The molecule has 3 rings (SSSR count). The van der Waals surface area contributed by atoms with Crippen molar-refractivity contribution in [2.45, 2.75) is 19.3 Å². The first kappa shape index (κ1) is 16.0. The largest absolute Gasteiger partial charge is 0.351 e. The number of nitrogens with zero attached hydrogens (tertiary/aromatic N) is 3. The summed E-state index contributed by atoms with van der Waals surface area (Å²) in [5.74, 6) is -0.298. The number of carbonyl (C=O) groups is 1. The third-order valence-electron chi connectivity index (χ3n) is 3.70. The van der Waals surface area contributed by atoms with Crippen LogP contribution < -0.4 is 0 Å². The minimum Gasteiger partial charge on any atom is -0.351 e. The number of hydrogen-bond donors (Lipinski definition) is 0. The molecule has 0 atom stereocenters. The molecule has 1 saturated heterocycles. The molecule has 8 heteroatoms. The number of rotatable bonds is 2. The van der Waals surface area contributed by atoms with Gasteiger partial charge in [0.2, 0.25) is 0 Å². The van der Waals surface area contributed by atoms with Gasteiger partial charge in [-0.1, -0.05) is 17.7 Å². The molecule has 23 heavy (non-hydrogen) atoms. The second kappa shape index (κ2) is 6.72. The maximum absolute atomic E-state index is 12.1. The minimum atomic E-state index is -0.538. The zero-order valence-corrected chi connectivity index (χ0v) is 13.8. The summed E-state index contributed by atoms with van der Waals surface area (Å²) in [5, 5.41) is 11.7. The summed E-state index contributed by atoms with van der Waals surface area (Å²) in [6, 6.07) is 4.47. The summed E-state index contributed by atoms with van der Waals surface area (Å²) in [6.45, 7) is 1.83. The first-order valence-electron chi connectivity index (χ1n) is 7.26. The Bertz CT molecular complexity index is 727. The molecule has 1 aromatic carbocycles. The van der Waals surface area contributed by atoms with E-state index in [2.05, 4.69) is 9.89 Å². The highest BCUT2D eigenvalue weighted by atomic mass is 35.5. The Morgan fingerprint density at radius 3 is 2.74 bits per heavy atom. The number of nitro benzene ring substituents is 1. The zero-order valence-electron chi connectivity index (χ0n) is 12.2. The number of halogens is 1. The van der Waals surface area contributed by atoms with E-state index in [9.17, 15) is 14.9 Å². The number of piperidine rings is 1. The third kappa shape index (κ3) is 3.56. The highest BCUT2D eigenvalue weighted by molar-refractivity contribution is 8.18. The monoisotopic (exact) mass is 351 g/mol. The molecule has 1 amide bonds. The Labute approximate surface area is 142 Å². The second-order valence-electron chi connectivity index (χ2n) is 5.33. The van der Waals surface area contributed by atoms with Gasteiger partial charge in [0.25, 0.3) is 11.6 Å².